The number of amides is 2. The molecule has 2 aromatic carbocycles. The summed E-state index contributed by atoms with van der Waals surface area (Å²) in [6.07, 6.45) is 0.112. The summed E-state index contributed by atoms with van der Waals surface area (Å²) < 4.78 is 5.16. The number of aryl methyl sites for hydroxylation is 1. The Labute approximate surface area is 170 Å². The topological polar surface area (TPSA) is 75.7 Å². The number of likely N-dealkylation sites (tertiary alicyclic amines) is 1. The average Bonchev–Trinajstić information content (AvgIpc) is 3.13. The van der Waals surface area contributed by atoms with Crippen LogP contribution in [0, 0.1) is 12.8 Å². The summed E-state index contributed by atoms with van der Waals surface area (Å²) in [5.41, 5.74) is 3.12. The Morgan fingerprint density at radius 3 is 2.55 bits per heavy atom. The Hall–Kier alpha value is -3.15. The summed E-state index contributed by atoms with van der Waals surface area (Å²) in [6.45, 7) is 4.26. The molecular weight excluding hydrogens is 368 g/mol. The van der Waals surface area contributed by atoms with Gasteiger partial charge in [0.05, 0.1) is 12.0 Å². The van der Waals surface area contributed by atoms with Gasteiger partial charge in [-0.3, -0.25) is 14.4 Å². The van der Waals surface area contributed by atoms with E-state index < -0.39 is 11.9 Å². The van der Waals surface area contributed by atoms with E-state index >= 15 is 0 Å². The molecule has 152 valence electrons. The van der Waals surface area contributed by atoms with Gasteiger partial charge < -0.3 is 15.0 Å². The van der Waals surface area contributed by atoms with Gasteiger partial charge in [-0.1, -0.05) is 54.6 Å². The standard InChI is InChI=1S/C23H26N2O4/c1-16-8-6-7-11-19(16)13-24-21(26)15-29-23(28)20-12-22(27)25(14-20)17(2)18-9-4-3-5-10-18/h3-11,17,20H,12-15H2,1-2H3,(H,24,26)/t17-,20-/m1/s1. The number of rotatable bonds is 7. The molecular formula is C23H26N2O4. The van der Waals surface area contributed by atoms with Crippen LogP contribution < -0.4 is 5.32 Å². The number of esters is 1. The molecule has 0 radical (unpaired) electrons. The van der Waals surface area contributed by atoms with Gasteiger partial charge in [0.1, 0.15) is 0 Å². The minimum atomic E-state index is -0.544. The molecule has 6 nitrogen and oxygen atoms in total. The van der Waals surface area contributed by atoms with Crippen molar-refractivity contribution in [3.63, 3.8) is 0 Å². The first kappa shape index (κ1) is 20.6. The van der Waals surface area contributed by atoms with Crippen LogP contribution in [0.25, 0.3) is 0 Å². The lowest BCUT2D eigenvalue weighted by Crippen LogP contribution is -2.32. The predicted molar refractivity (Wildman–Crippen MR) is 109 cm³/mol. The highest BCUT2D eigenvalue weighted by atomic mass is 16.5. The normalized spacial score (nSPS) is 17.1. The van der Waals surface area contributed by atoms with Crippen molar-refractivity contribution in [1.82, 2.24) is 10.2 Å². The zero-order valence-electron chi connectivity index (χ0n) is 16.8. The molecule has 1 aliphatic heterocycles. The average molecular weight is 394 g/mol. The summed E-state index contributed by atoms with van der Waals surface area (Å²) in [5.74, 6) is -1.49. The fraction of sp³-hybridized carbons (Fsp3) is 0.348. The van der Waals surface area contributed by atoms with Crippen molar-refractivity contribution in [2.75, 3.05) is 13.2 Å². The smallest absolute Gasteiger partial charge is 0.311 e. The van der Waals surface area contributed by atoms with Crippen molar-refractivity contribution in [2.24, 2.45) is 5.92 Å². The highest BCUT2D eigenvalue weighted by Crippen LogP contribution is 2.28. The monoisotopic (exact) mass is 394 g/mol. The maximum atomic E-state index is 12.4. The molecule has 29 heavy (non-hydrogen) atoms. The van der Waals surface area contributed by atoms with Crippen LogP contribution in [0.4, 0.5) is 0 Å². The maximum Gasteiger partial charge on any atom is 0.311 e. The second kappa shape index (κ2) is 9.37. The lowest BCUT2D eigenvalue weighted by molar-refractivity contribution is -0.152. The summed E-state index contributed by atoms with van der Waals surface area (Å²) in [7, 11) is 0. The Kier molecular flexibility index (Phi) is 6.65. The third kappa shape index (κ3) is 5.22. The largest absolute Gasteiger partial charge is 0.455 e. The molecule has 0 aliphatic carbocycles. The summed E-state index contributed by atoms with van der Waals surface area (Å²) in [4.78, 5) is 38.4. The van der Waals surface area contributed by atoms with Crippen LogP contribution in [-0.4, -0.2) is 35.8 Å². The van der Waals surface area contributed by atoms with E-state index in [4.69, 9.17) is 4.74 Å². The van der Waals surface area contributed by atoms with Crippen LogP contribution in [-0.2, 0) is 25.7 Å². The Bertz CT molecular complexity index is 881. The molecule has 0 saturated carbocycles. The number of nitrogens with one attached hydrogen (secondary N) is 1. The van der Waals surface area contributed by atoms with Crippen molar-refractivity contribution >= 4 is 17.8 Å². The number of ether oxygens (including phenoxy) is 1. The SMILES string of the molecule is Cc1ccccc1CNC(=O)COC(=O)[C@@H]1CC(=O)N([C@H](C)c2ccccc2)C1. The predicted octanol–water partition coefficient (Wildman–Crippen LogP) is 2.76. The molecule has 1 fully saturated rings. The summed E-state index contributed by atoms with van der Waals surface area (Å²) >= 11 is 0. The zero-order chi connectivity index (χ0) is 20.8. The van der Waals surface area contributed by atoms with Gasteiger partial charge in [0.2, 0.25) is 5.91 Å². The van der Waals surface area contributed by atoms with Gasteiger partial charge in [0, 0.05) is 19.5 Å². The fourth-order valence-corrected chi connectivity index (χ4v) is 3.48. The van der Waals surface area contributed by atoms with Crippen LogP contribution in [0.15, 0.2) is 54.6 Å². The van der Waals surface area contributed by atoms with Crippen LogP contribution in [0.3, 0.4) is 0 Å². The van der Waals surface area contributed by atoms with Gasteiger partial charge in [0.15, 0.2) is 6.61 Å². The lowest BCUT2D eigenvalue weighted by Gasteiger charge is -2.25. The van der Waals surface area contributed by atoms with Crippen molar-refractivity contribution < 1.29 is 19.1 Å². The van der Waals surface area contributed by atoms with E-state index in [0.717, 1.165) is 16.7 Å². The number of benzene rings is 2. The first-order valence-electron chi connectivity index (χ1n) is 9.78. The third-order valence-electron chi connectivity index (χ3n) is 5.32. The summed E-state index contributed by atoms with van der Waals surface area (Å²) in [6, 6.07) is 17.3. The van der Waals surface area contributed by atoms with Crippen LogP contribution in [0.1, 0.15) is 36.1 Å². The molecule has 6 heteroatoms. The third-order valence-corrected chi connectivity index (χ3v) is 5.32. The van der Waals surface area contributed by atoms with Crippen LogP contribution >= 0.6 is 0 Å². The number of nitrogens with zero attached hydrogens (tertiary/aromatic N) is 1. The van der Waals surface area contributed by atoms with Gasteiger partial charge in [0.25, 0.3) is 5.91 Å². The molecule has 0 spiro atoms. The highest BCUT2D eigenvalue weighted by molar-refractivity contribution is 5.88. The van der Waals surface area contributed by atoms with E-state index in [2.05, 4.69) is 5.32 Å². The summed E-state index contributed by atoms with van der Waals surface area (Å²) in [5, 5.41) is 2.75. The lowest BCUT2D eigenvalue weighted by atomic mass is 10.1. The Morgan fingerprint density at radius 2 is 1.83 bits per heavy atom. The van der Waals surface area contributed by atoms with E-state index in [9.17, 15) is 14.4 Å². The molecule has 0 aromatic heterocycles. The second-order valence-electron chi connectivity index (χ2n) is 7.34. The van der Waals surface area contributed by atoms with E-state index in [1.807, 2.05) is 68.4 Å². The molecule has 1 N–H and O–H groups in total. The number of hydrogen-bond acceptors (Lipinski definition) is 4. The highest BCUT2D eigenvalue weighted by Gasteiger charge is 2.38. The number of carbonyl (C=O) groups is 3. The first-order valence-corrected chi connectivity index (χ1v) is 9.78. The van der Waals surface area contributed by atoms with Gasteiger partial charge >= 0.3 is 5.97 Å². The quantitative estimate of drug-likeness (QED) is 0.733. The van der Waals surface area contributed by atoms with Crippen molar-refractivity contribution in [2.45, 2.75) is 32.9 Å². The molecule has 2 aromatic rings. The molecule has 1 aliphatic rings. The van der Waals surface area contributed by atoms with Crippen LogP contribution in [0.5, 0.6) is 0 Å². The molecule has 2 amide bonds. The number of hydrogen-bond donors (Lipinski definition) is 1. The van der Waals surface area contributed by atoms with Crippen molar-refractivity contribution in [1.29, 1.82) is 0 Å². The molecule has 0 bridgehead atoms. The molecule has 1 heterocycles. The Balaban J connectivity index is 1.47. The second-order valence-corrected chi connectivity index (χ2v) is 7.34. The van der Waals surface area contributed by atoms with Gasteiger partial charge in [-0.2, -0.15) is 0 Å². The van der Waals surface area contributed by atoms with E-state index in [0.29, 0.717) is 13.1 Å². The van der Waals surface area contributed by atoms with Gasteiger partial charge in [-0.05, 0) is 30.5 Å². The van der Waals surface area contributed by atoms with E-state index in [1.165, 1.54) is 0 Å². The first-order chi connectivity index (χ1) is 14.0. The zero-order valence-corrected chi connectivity index (χ0v) is 16.8. The van der Waals surface area contributed by atoms with E-state index in [1.54, 1.807) is 4.90 Å². The maximum absolute atomic E-state index is 12.4. The van der Waals surface area contributed by atoms with Crippen LogP contribution in [0.2, 0.25) is 0 Å². The minimum Gasteiger partial charge on any atom is -0.455 e. The molecule has 1 saturated heterocycles. The molecule has 0 unspecified atom stereocenters. The van der Waals surface area contributed by atoms with Gasteiger partial charge in [-0.15, -0.1) is 0 Å². The fourth-order valence-electron chi connectivity index (χ4n) is 3.48. The Morgan fingerprint density at radius 1 is 1.14 bits per heavy atom. The van der Waals surface area contributed by atoms with Crippen molar-refractivity contribution in [3.8, 4) is 0 Å². The molecule has 3 rings (SSSR count). The number of carbonyl (C=O) groups excluding carboxylic acids is 3. The van der Waals surface area contributed by atoms with Crippen molar-refractivity contribution in [3.05, 3.63) is 71.3 Å². The molecule has 2 atom stereocenters. The van der Waals surface area contributed by atoms with Gasteiger partial charge in [-0.25, -0.2) is 0 Å². The van der Waals surface area contributed by atoms with E-state index in [-0.39, 0.29) is 30.9 Å². The minimum absolute atomic E-state index is 0.0766.